The molecule has 0 unspecified atom stereocenters. The SMILES string of the molecule is Cc1ccc(-n2nc(CO)cc2-c2ccc(S(C)(=O)=O)cc2)cc1. The number of hydrogen-bond acceptors (Lipinski definition) is 4. The number of nitrogens with zero attached hydrogens (tertiary/aromatic N) is 2. The van der Waals surface area contributed by atoms with Crippen LogP contribution >= 0.6 is 0 Å². The summed E-state index contributed by atoms with van der Waals surface area (Å²) in [6, 6.07) is 16.4. The highest BCUT2D eigenvalue weighted by atomic mass is 32.2. The molecular weight excluding hydrogens is 324 g/mol. The third kappa shape index (κ3) is 3.25. The molecule has 0 fully saturated rings. The van der Waals surface area contributed by atoms with Gasteiger partial charge >= 0.3 is 0 Å². The molecule has 1 N–H and O–H groups in total. The number of hydrogen-bond donors (Lipinski definition) is 1. The van der Waals surface area contributed by atoms with E-state index in [1.165, 1.54) is 6.26 Å². The van der Waals surface area contributed by atoms with Crippen molar-refractivity contribution in [3.8, 4) is 16.9 Å². The van der Waals surface area contributed by atoms with Gasteiger partial charge in [-0.1, -0.05) is 29.8 Å². The Bertz CT molecular complexity index is 957. The predicted octanol–water partition coefficient (Wildman–Crippen LogP) is 2.74. The lowest BCUT2D eigenvalue weighted by molar-refractivity contribution is 0.276. The Morgan fingerprint density at radius 2 is 1.67 bits per heavy atom. The number of aliphatic hydroxyl groups is 1. The molecule has 0 aliphatic heterocycles. The summed E-state index contributed by atoms with van der Waals surface area (Å²) >= 11 is 0. The van der Waals surface area contributed by atoms with Crippen molar-refractivity contribution in [1.82, 2.24) is 9.78 Å². The van der Waals surface area contributed by atoms with Gasteiger partial charge in [0.1, 0.15) is 0 Å². The molecule has 3 rings (SSSR count). The summed E-state index contributed by atoms with van der Waals surface area (Å²) in [4.78, 5) is 0.273. The molecule has 0 saturated carbocycles. The second-order valence-electron chi connectivity index (χ2n) is 5.72. The maximum atomic E-state index is 11.6. The molecule has 3 aromatic rings. The van der Waals surface area contributed by atoms with E-state index in [4.69, 9.17) is 0 Å². The van der Waals surface area contributed by atoms with E-state index >= 15 is 0 Å². The molecule has 24 heavy (non-hydrogen) atoms. The van der Waals surface area contributed by atoms with Gasteiger partial charge in [-0.05, 0) is 37.3 Å². The van der Waals surface area contributed by atoms with E-state index in [0.29, 0.717) is 5.69 Å². The average Bonchev–Trinajstić information content (AvgIpc) is 2.99. The summed E-state index contributed by atoms with van der Waals surface area (Å²) < 4.78 is 25.0. The van der Waals surface area contributed by atoms with Crippen molar-refractivity contribution < 1.29 is 13.5 Å². The molecule has 0 spiro atoms. The zero-order valence-electron chi connectivity index (χ0n) is 13.5. The van der Waals surface area contributed by atoms with Gasteiger partial charge in [-0.25, -0.2) is 13.1 Å². The average molecular weight is 342 g/mol. The van der Waals surface area contributed by atoms with Crippen molar-refractivity contribution in [3.63, 3.8) is 0 Å². The van der Waals surface area contributed by atoms with E-state index in [0.717, 1.165) is 22.5 Å². The topological polar surface area (TPSA) is 72.2 Å². The largest absolute Gasteiger partial charge is 0.390 e. The fraction of sp³-hybridized carbons (Fsp3) is 0.167. The van der Waals surface area contributed by atoms with E-state index in [2.05, 4.69) is 5.10 Å². The van der Waals surface area contributed by atoms with E-state index in [1.54, 1.807) is 35.0 Å². The molecule has 1 heterocycles. The van der Waals surface area contributed by atoms with Crippen LogP contribution < -0.4 is 0 Å². The van der Waals surface area contributed by atoms with Gasteiger partial charge in [-0.2, -0.15) is 5.10 Å². The molecule has 0 bridgehead atoms. The van der Waals surface area contributed by atoms with Gasteiger partial charge in [0.05, 0.1) is 28.6 Å². The Morgan fingerprint density at radius 3 is 2.21 bits per heavy atom. The third-order valence-corrected chi connectivity index (χ3v) is 4.91. The van der Waals surface area contributed by atoms with Crippen LogP contribution in [0.1, 0.15) is 11.3 Å². The molecule has 1 aromatic heterocycles. The lowest BCUT2D eigenvalue weighted by Crippen LogP contribution is -2.00. The Kier molecular flexibility index (Phi) is 4.26. The second kappa shape index (κ2) is 6.22. The van der Waals surface area contributed by atoms with Gasteiger partial charge in [0.25, 0.3) is 0 Å². The quantitative estimate of drug-likeness (QED) is 0.791. The van der Waals surface area contributed by atoms with Crippen molar-refractivity contribution in [2.45, 2.75) is 18.4 Å². The number of sulfone groups is 1. The van der Waals surface area contributed by atoms with Crippen LogP contribution in [0.2, 0.25) is 0 Å². The first-order valence-electron chi connectivity index (χ1n) is 7.46. The van der Waals surface area contributed by atoms with Gasteiger partial charge in [0.2, 0.25) is 0 Å². The summed E-state index contributed by atoms with van der Waals surface area (Å²) in [5.41, 5.74) is 4.20. The van der Waals surface area contributed by atoms with Crippen LogP contribution in [0.25, 0.3) is 16.9 Å². The monoisotopic (exact) mass is 342 g/mol. The van der Waals surface area contributed by atoms with Gasteiger partial charge in [-0.15, -0.1) is 0 Å². The number of aryl methyl sites for hydroxylation is 1. The lowest BCUT2D eigenvalue weighted by atomic mass is 10.1. The molecule has 2 aromatic carbocycles. The van der Waals surface area contributed by atoms with Crippen molar-refractivity contribution in [3.05, 3.63) is 65.9 Å². The molecule has 0 radical (unpaired) electrons. The van der Waals surface area contributed by atoms with Crippen LogP contribution in [0.3, 0.4) is 0 Å². The Hall–Kier alpha value is -2.44. The lowest BCUT2D eigenvalue weighted by Gasteiger charge is -2.08. The highest BCUT2D eigenvalue weighted by molar-refractivity contribution is 7.90. The molecule has 0 aliphatic carbocycles. The molecule has 5 nitrogen and oxygen atoms in total. The van der Waals surface area contributed by atoms with Crippen LogP contribution in [0.5, 0.6) is 0 Å². The van der Waals surface area contributed by atoms with Gasteiger partial charge < -0.3 is 5.11 Å². The summed E-state index contributed by atoms with van der Waals surface area (Å²) in [6.45, 7) is 1.85. The van der Waals surface area contributed by atoms with Crippen LogP contribution in [0.15, 0.2) is 59.5 Å². The van der Waals surface area contributed by atoms with Gasteiger partial charge in [0.15, 0.2) is 9.84 Å². The van der Waals surface area contributed by atoms with Crippen LogP contribution in [-0.4, -0.2) is 29.6 Å². The molecule has 124 valence electrons. The minimum absolute atomic E-state index is 0.159. The zero-order valence-corrected chi connectivity index (χ0v) is 14.3. The highest BCUT2D eigenvalue weighted by Crippen LogP contribution is 2.25. The first kappa shape index (κ1) is 16.4. The highest BCUT2D eigenvalue weighted by Gasteiger charge is 2.13. The van der Waals surface area contributed by atoms with Crippen molar-refractivity contribution in [2.24, 2.45) is 0 Å². The maximum absolute atomic E-state index is 11.6. The number of rotatable bonds is 4. The fourth-order valence-electron chi connectivity index (χ4n) is 2.47. The Morgan fingerprint density at radius 1 is 1.04 bits per heavy atom. The van der Waals surface area contributed by atoms with Gasteiger partial charge in [-0.3, -0.25) is 0 Å². The smallest absolute Gasteiger partial charge is 0.175 e. The molecule has 0 atom stereocenters. The van der Waals surface area contributed by atoms with E-state index in [-0.39, 0.29) is 11.5 Å². The third-order valence-electron chi connectivity index (χ3n) is 3.78. The molecule has 0 saturated heterocycles. The summed E-state index contributed by atoms with van der Waals surface area (Å²) in [5.74, 6) is 0. The molecule has 0 aliphatic rings. The summed E-state index contributed by atoms with van der Waals surface area (Å²) in [7, 11) is -3.23. The minimum Gasteiger partial charge on any atom is -0.390 e. The van der Waals surface area contributed by atoms with Gasteiger partial charge in [0, 0.05) is 11.8 Å². The first-order valence-corrected chi connectivity index (χ1v) is 9.35. The molecular formula is C18H18N2O3S. The van der Waals surface area contributed by atoms with E-state index in [1.807, 2.05) is 31.2 Å². The standard InChI is InChI=1S/C18H18N2O3S/c1-13-3-7-16(8-4-13)20-18(11-15(12-21)19-20)14-5-9-17(10-6-14)24(2,22)23/h3-11,21H,12H2,1-2H3. The normalized spacial score (nSPS) is 11.6. The molecule has 6 heteroatoms. The molecule has 0 amide bonds. The fourth-order valence-corrected chi connectivity index (χ4v) is 3.10. The minimum atomic E-state index is -3.23. The Labute approximate surface area is 141 Å². The summed E-state index contributed by atoms with van der Waals surface area (Å²) in [6.07, 6.45) is 1.18. The second-order valence-corrected chi connectivity index (χ2v) is 7.74. The first-order chi connectivity index (χ1) is 11.4. The van der Waals surface area contributed by atoms with Crippen LogP contribution in [-0.2, 0) is 16.4 Å². The Balaban J connectivity index is 2.10. The van der Waals surface area contributed by atoms with E-state index in [9.17, 15) is 13.5 Å². The van der Waals surface area contributed by atoms with Crippen molar-refractivity contribution in [2.75, 3.05) is 6.26 Å². The maximum Gasteiger partial charge on any atom is 0.175 e. The van der Waals surface area contributed by atoms with Crippen molar-refractivity contribution >= 4 is 9.84 Å². The van der Waals surface area contributed by atoms with E-state index < -0.39 is 9.84 Å². The van der Waals surface area contributed by atoms with Crippen LogP contribution in [0.4, 0.5) is 0 Å². The summed E-state index contributed by atoms with van der Waals surface area (Å²) in [5, 5.41) is 13.8. The number of benzene rings is 2. The van der Waals surface area contributed by atoms with Crippen molar-refractivity contribution in [1.29, 1.82) is 0 Å². The number of aliphatic hydroxyl groups excluding tert-OH is 1. The predicted molar refractivity (Wildman–Crippen MR) is 92.8 cm³/mol. The zero-order chi connectivity index (χ0) is 17.3. The number of aromatic nitrogens is 2. The van der Waals surface area contributed by atoms with Crippen LogP contribution in [0, 0.1) is 6.92 Å².